The topological polar surface area (TPSA) is 42.0 Å². The molecule has 0 fully saturated rings. The molecule has 0 bridgehead atoms. The summed E-state index contributed by atoms with van der Waals surface area (Å²) in [5, 5.41) is 5.62. The second-order valence-electron chi connectivity index (χ2n) is 4.01. The Morgan fingerprint density at radius 3 is 2.95 bits per heavy atom. The zero-order valence-electron chi connectivity index (χ0n) is 10.2. The molecule has 0 unspecified atom stereocenters. The molecule has 6 heteroatoms. The first kappa shape index (κ1) is 14.1. The molecule has 2 rings (SSSR count). The molecule has 1 aromatic carbocycles. The maximum absolute atomic E-state index is 13.6. The predicted octanol–water partition coefficient (Wildman–Crippen LogP) is 3.33. The van der Waals surface area contributed by atoms with Gasteiger partial charge in [0.25, 0.3) is 5.91 Å². The molecule has 100 valence electrons. The van der Waals surface area contributed by atoms with Crippen molar-refractivity contribution in [3.8, 4) is 0 Å². The van der Waals surface area contributed by atoms with E-state index in [-0.39, 0.29) is 5.56 Å². The van der Waals surface area contributed by atoms with Gasteiger partial charge in [-0.05, 0) is 25.1 Å². The van der Waals surface area contributed by atoms with E-state index in [1.54, 1.807) is 17.4 Å². The summed E-state index contributed by atoms with van der Waals surface area (Å²) in [5.41, 5.74) is 1.03. The van der Waals surface area contributed by atoms with Crippen LogP contribution in [0.15, 0.2) is 28.1 Å². The van der Waals surface area contributed by atoms with Crippen LogP contribution in [0.25, 0.3) is 0 Å². The van der Waals surface area contributed by atoms with Crippen LogP contribution in [-0.4, -0.2) is 17.4 Å². The second-order valence-corrected chi connectivity index (χ2v) is 5.87. The lowest BCUT2D eigenvalue weighted by Gasteiger charge is -2.05. The van der Waals surface area contributed by atoms with Gasteiger partial charge in [0.15, 0.2) is 0 Å². The number of nitrogens with zero attached hydrogens (tertiary/aromatic N) is 1. The van der Waals surface area contributed by atoms with Crippen molar-refractivity contribution in [3.05, 3.63) is 50.1 Å². The molecule has 0 atom stereocenters. The van der Waals surface area contributed by atoms with Gasteiger partial charge in [0, 0.05) is 28.5 Å². The van der Waals surface area contributed by atoms with Crippen molar-refractivity contribution in [2.75, 3.05) is 6.54 Å². The maximum Gasteiger partial charge on any atom is 0.254 e. The number of hydrogen-bond donors (Lipinski definition) is 1. The Hall–Kier alpha value is -1.27. The van der Waals surface area contributed by atoms with E-state index in [1.807, 2.05) is 12.3 Å². The molecule has 0 spiro atoms. The number of aryl methyl sites for hydroxylation is 1. The average molecular weight is 343 g/mol. The number of benzene rings is 1. The van der Waals surface area contributed by atoms with Crippen LogP contribution >= 0.6 is 27.3 Å². The van der Waals surface area contributed by atoms with Gasteiger partial charge in [-0.2, -0.15) is 0 Å². The quantitative estimate of drug-likeness (QED) is 0.925. The Labute approximate surface area is 123 Å². The molecule has 2 aromatic rings. The van der Waals surface area contributed by atoms with Gasteiger partial charge in [-0.3, -0.25) is 4.79 Å². The zero-order valence-corrected chi connectivity index (χ0v) is 12.6. The minimum atomic E-state index is -0.531. The first-order valence-electron chi connectivity index (χ1n) is 5.70. The van der Waals surface area contributed by atoms with E-state index in [0.29, 0.717) is 17.4 Å². The van der Waals surface area contributed by atoms with Crippen LogP contribution in [0.1, 0.15) is 21.1 Å². The van der Waals surface area contributed by atoms with E-state index in [4.69, 9.17) is 0 Å². The molecule has 19 heavy (non-hydrogen) atoms. The van der Waals surface area contributed by atoms with Crippen LogP contribution in [0.2, 0.25) is 0 Å². The normalized spacial score (nSPS) is 10.5. The van der Waals surface area contributed by atoms with Gasteiger partial charge in [0.2, 0.25) is 0 Å². The van der Waals surface area contributed by atoms with Crippen LogP contribution in [0.5, 0.6) is 0 Å². The highest BCUT2D eigenvalue weighted by molar-refractivity contribution is 9.10. The monoisotopic (exact) mass is 342 g/mol. The van der Waals surface area contributed by atoms with Crippen LogP contribution in [-0.2, 0) is 6.42 Å². The lowest BCUT2D eigenvalue weighted by Crippen LogP contribution is -2.26. The second kappa shape index (κ2) is 6.25. The van der Waals surface area contributed by atoms with Crippen LogP contribution in [0.3, 0.4) is 0 Å². The number of aromatic nitrogens is 1. The molecule has 1 heterocycles. The van der Waals surface area contributed by atoms with Gasteiger partial charge < -0.3 is 5.32 Å². The van der Waals surface area contributed by atoms with Crippen molar-refractivity contribution in [1.82, 2.24) is 10.3 Å². The number of halogens is 2. The Bertz CT molecular complexity index is 600. The Balaban J connectivity index is 1.90. The number of hydrogen-bond acceptors (Lipinski definition) is 3. The van der Waals surface area contributed by atoms with Crippen molar-refractivity contribution in [3.63, 3.8) is 0 Å². The summed E-state index contributed by atoms with van der Waals surface area (Å²) in [7, 11) is 0. The lowest BCUT2D eigenvalue weighted by atomic mass is 10.2. The first-order valence-corrected chi connectivity index (χ1v) is 7.38. The molecule has 0 aliphatic rings. The summed E-state index contributed by atoms with van der Waals surface area (Å²) in [6.45, 7) is 2.37. The van der Waals surface area contributed by atoms with Crippen molar-refractivity contribution < 1.29 is 9.18 Å². The van der Waals surface area contributed by atoms with E-state index >= 15 is 0 Å². The molecular formula is C13H12BrFN2OS. The van der Waals surface area contributed by atoms with E-state index in [1.165, 1.54) is 12.1 Å². The zero-order chi connectivity index (χ0) is 13.8. The Morgan fingerprint density at radius 1 is 1.53 bits per heavy atom. The van der Waals surface area contributed by atoms with Crippen molar-refractivity contribution in [2.24, 2.45) is 0 Å². The number of thiazole rings is 1. The summed E-state index contributed by atoms with van der Waals surface area (Å²) in [6, 6.07) is 4.38. The molecule has 3 nitrogen and oxygen atoms in total. The predicted molar refractivity (Wildman–Crippen MR) is 77.0 cm³/mol. The van der Waals surface area contributed by atoms with Gasteiger partial charge in [0.05, 0.1) is 10.6 Å². The molecular weight excluding hydrogens is 331 g/mol. The third kappa shape index (κ3) is 3.84. The lowest BCUT2D eigenvalue weighted by molar-refractivity contribution is 0.0950. The Morgan fingerprint density at radius 2 is 2.32 bits per heavy atom. The van der Waals surface area contributed by atoms with E-state index in [9.17, 15) is 9.18 Å². The number of nitrogens with one attached hydrogen (secondary N) is 1. The van der Waals surface area contributed by atoms with E-state index in [0.717, 1.165) is 10.7 Å². The minimum Gasteiger partial charge on any atom is -0.352 e. The van der Waals surface area contributed by atoms with Crippen molar-refractivity contribution in [1.29, 1.82) is 0 Å². The van der Waals surface area contributed by atoms with Gasteiger partial charge in [-0.15, -0.1) is 11.3 Å². The molecule has 1 amide bonds. The summed E-state index contributed by atoms with van der Waals surface area (Å²) in [5.74, 6) is -0.935. The highest BCUT2D eigenvalue weighted by Gasteiger charge is 2.11. The summed E-state index contributed by atoms with van der Waals surface area (Å²) in [4.78, 5) is 16.1. The molecule has 1 aromatic heterocycles. The minimum absolute atomic E-state index is 0.0542. The molecule has 0 saturated carbocycles. The molecule has 0 aliphatic carbocycles. The van der Waals surface area contributed by atoms with Crippen molar-refractivity contribution in [2.45, 2.75) is 13.3 Å². The fourth-order valence-electron chi connectivity index (χ4n) is 1.57. The smallest absolute Gasteiger partial charge is 0.254 e. The molecule has 0 saturated heterocycles. The highest BCUT2D eigenvalue weighted by Crippen LogP contribution is 2.15. The maximum atomic E-state index is 13.6. The fraction of sp³-hybridized carbons (Fsp3) is 0.231. The van der Waals surface area contributed by atoms with Gasteiger partial charge in [0.1, 0.15) is 5.82 Å². The van der Waals surface area contributed by atoms with Gasteiger partial charge >= 0.3 is 0 Å². The van der Waals surface area contributed by atoms with Crippen LogP contribution in [0.4, 0.5) is 4.39 Å². The van der Waals surface area contributed by atoms with Crippen LogP contribution < -0.4 is 5.32 Å². The Kier molecular flexibility index (Phi) is 4.66. The largest absolute Gasteiger partial charge is 0.352 e. The summed E-state index contributed by atoms with van der Waals surface area (Å²) < 4.78 is 14.2. The standard InChI is InChI=1S/C13H12BrFN2OS/c1-8-7-19-12(17-8)4-5-16-13(18)10-3-2-9(14)6-11(10)15/h2-3,6-7H,4-5H2,1H3,(H,16,18). The van der Waals surface area contributed by atoms with E-state index < -0.39 is 11.7 Å². The molecule has 0 radical (unpaired) electrons. The molecule has 0 aliphatic heterocycles. The summed E-state index contributed by atoms with van der Waals surface area (Å²) in [6.07, 6.45) is 0.655. The third-order valence-electron chi connectivity index (χ3n) is 2.47. The summed E-state index contributed by atoms with van der Waals surface area (Å²) >= 11 is 4.71. The van der Waals surface area contributed by atoms with Gasteiger partial charge in [-0.1, -0.05) is 15.9 Å². The molecule has 1 N–H and O–H groups in total. The third-order valence-corrected chi connectivity index (χ3v) is 3.99. The van der Waals surface area contributed by atoms with Crippen molar-refractivity contribution >= 4 is 33.2 Å². The number of amides is 1. The number of carbonyl (C=O) groups is 1. The number of carbonyl (C=O) groups excluding carboxylic acids is 1. The van der Waals surface area contributed by atoms with E-state index in [2.05, 4.69) is 26.2 Å². The van der Waals surface area contributed by atoms with Gasteiger partial charge in [-0.25, -0.2) is 9.37 Å². The van der Waals surface area contributed by atoms with Crippen LogP contribution in [0, 0.1) is 12.7 Å². The first-order chi connectivity index (χ1) is 9.06. The average Bonchev–Trinajstić information content (AvgIpc) is 2.75. The SMILES string of the molecule is Cc1csc(CCNC(=O)c2ccc(Br)cc2F)n1. The highest BCUT2D eigenvalue weighted by atomic mass is 79.9. The fourth-order valence-corrected chi connectivity index (χ4v) is 2.68. The number of rotatable bonds is 4.